The van der Waals surface area contributed by atoms with Crippen molar-refractivity contribution in [3.05, 3.63) is 59.7 Å². The molecule has 1 saturated heterocycles. The second kappa shape index (κ2) is 7.52. The molecule has 1 fully saturated rings. The molecular weight excluding hydrogens is 354 g/mol. The fraction of sp³-hybridized carbons (Fsp3) is 0.235. The smallest absolute Gasteiger partial charge is 0.246 e. The monoisotopic (exact) mass is 375 g/mol. The van der Waals surface area contributed by atoms with Crippen LogP contribution in [-0.4, -0.2) is 26.5 Å². The largest absolute Gasteiger partial charge is 0.325 e. The van der Waals surface area contributed by atoms with Gasteiger partial charge in [0.25, 0.3) is 0 Å². The van der Waals surface area contributed by atoms with Crippen LogP contribution in [0.5, 0.6) is 0 Å². The number of hydrazine groups is 2. The molecule has 2 aromatic rings. The Morgan fingerprint density at radius 3 is 2.42 bits per heavy atom. The molecule has 1 aliphatic rings. The Kier molecular flexibility index (Phi) is 5.35. The van der Waals surface area contributed by atoms with Crippen molar-refractivity contribution in [2.24, 2.45) is 0 Å². The van der Waals surface area contributed by atoms with Crippen LogP contribution in [-0.2, 0) is 14.8 Å². The number of carbonyl (C=O) groups excluding carboxylic acids is 1. The van der Waals surface area contributed by atoms with Crippen molar-refractivity contribution in [2.75, 3.05) is 5.32 Å². The number of nitrogens with one attached hydrogen (secondary N) is 5. The average Bonchev–Trinajstić information content (AvgIpc) is 3.06. The third-order valence-corrected chi connectivity index (χ3v) is 5.64. The van der Waals surface area contributed by atoms with E-state index in [1.54, 1.807) is 24.3 Å². The van der Waals surface area contributed by atoms with Gasteiger partial charge in [0, 0.05) is 5.69 Å². The van der Waals surface area contributed by atoms with E-state index in [0.717, 1.165) is 11.1 Å². The first kappa shape index (κ1) is 18.5. The van der Waals surface area contributed by atoms with Crippen LogP contribution in [0.3, 0.4) is 0 Å². The van der Waals surface area contributed by atoms with Crippen LogP contribution in [0.15, 0.2) is 53.4 Å². The molecule has 1 amide bonds. The topological polar surface area (TPSA) is 111 Å². The van der Waals surface area contributed by atoms with Crippen molar-refractivity contribution in [3.63, 3.8) is 0 Å². The van der Waals surface area contributed by atoms with E-state index < -0.39 is 22.2 Å². The summed E-state index contributed by atoms with van der Waals surface area (Å²) < 4.78 is 27.4. The van der Waals surface area contributed by atoms with Crippen LogP contribution in [0.2, 0.25) is 0 Å². The van der Waals surface area contributed by atoms with Crippen molar-refractivity contribution in [3.8, 4) is 0 Å². The lowest BCUT2D eigenvalue weighted by molar-refractivity contribution is -0.118. The van der Waals surface area contributed by atoms with Gasteiger partial charge < -0.3 is 5.32 Å². The van der Waals surface area contributed by atoms with Crippen LogP contribution in [0.25, 0.3) is 0 Å². The minimum atomic E-state index is -3.77. The zero-order valence-corrected chi connectivity index (χ0v) is 15.2. The van der Waals surface area contributed by atoms with Crippen LogP contribution < -0.4 is 26.4 Å². The third kappa shape index (κ3) is 4.09. The first-order chi connectivity index (χ1) is 12.4. The molecule has 1 aliphatic heterocycles. The zero-order chi connectivity index (χ0) is 18.7. The van der Waals surface area contributed by atoms with Crippen LogP contribution in [0.4, 0.5) is 5.69 Å². The molecule has 2 aromatic carbocycles. The maximum atomic E-state index is 12.6. The lowest BCUT2D eigenvalue weighted by Gasteiger charge is -2.19. The minimum Gasteiger partial charge on any atom is -0.325 e. The second-order valence-electron chi connectivity index (χ2n) is 6.09. The molecule has 2 atom stereocenters. The lowest BCUT2D eigenvalue weighted by Crippen LogP contribution is -2.53. The van der Waals surface area contributed by atoms with Gasteiger partial charge in [0.15, 0.2) is 0 Å². The number of anilines is 1. The highest BCUT2D eigenvalue weighted by atomic mass is 32.2. The number of hydrogen-bond donors (Lipinski definition) is 5. The summed E-state index contributed by atoms with van der Waals surface area (Å²) in [4.78, 5) is 12.7. The van der Waals surface area contributed by atoms with E-state index in [1.807, 2.05) is 26.0 Å². The fourth-order valence-corrected chi connectivity index (χ4v) is 3.73. The summed E-state index contributed by atoms with van der Waals surface area (Å²) in [7, 11) is -3.77. The van der Waals surface area contributed by atoms with Gasteiger partial charge in [-0.15, -0.1) is 0 Å². The van der Waals surface area contributed by atoms with Crippen molar-refractivity contribution in [1.82, 2.24) is 21.1 Å². The highest BCUT2D eigenvalue weighted by Gasteiger charge is 2.36. The SMILES string of the molecule is Cc1ccc(NC(=O)C2NNNC2NS(=O)(=O)c2ccccc2)cc1C. The Bertz CT molecular complexity index is 902. The van der Waals surface area contributed by atoms with Crippen molar-refractivity contribution >= 4 is 21.6 Å². The average molecular weight is 375 g/mol. The molecular formula is C17H21N5O3S. The number of amides is 1. The van der Waals surface area contributed by atoms with Gasteiger partial charge in [-0.1, -0.05) is 24.3 Å². The Labute approximate surface area is 152 Å². The number of rotatable bonds is 5. The summed E-state index contributed by atoms with van der Waals surface area (Å²) in [6.07, 6.45) is -0.855. The van der Waals surface area contributed by atoms with E-state index in [4.69, 9.17) is 0 Å². The summed E-state index contributed by atoms with van der Waals surface area (Å²) in [5.74, 6) is -0.369. The molecule has 26 heavy (non-hydrogen) atoms. The maximum Gasteiger partial charge on any atom is 0.246 e. The maximum absolute atomic E-state index is 12.6. The summed E-state index contributed by atoms with van der Waals surface area (Å²) in [6.45, 7) is 3.94. The van der Waals surface area contributed by atoms with Gasteiger partial charge in [0.2, 0.25) is 15.9 Å². The molecule has 5 N–H and O–H groups in total. The third-order valence-electron chi connectivity index (χ3n) is 4.18. The van der Waals surface area contributed by atoms with Gasteiger partial charge in [0.05, 0.1) is 4.90 Å². The Morgan fingerprint density at radius 1 is 1.00 bits per heavy atom. The van der Waals surface area contributed by atoms with Crippen molar-refractivity contribution < 1.29 is 13.2 Å². The predicted molar refractivity (Wildman–Crippen MR) is 98.3 cm³/mol. The normalized spacial score (nSPS) is 20.1. The zero-order valence-electron chi connectivity index (χ0n) is 14.4. The molecule has 138 valence electrons. The molecule has 0 saturated carbocycles. The first-order valence-electron chi connectivity index (χ1n) is 8.08. The quantitative estimate of drug-likeness (QED) is 0.521. The van der Waals surface area contributed by atoms with Crippen LogP contribution in [0, 0.1) is 13.8 Å². The number of carbonyl (C=O) groups is 1. The standard InChI is InChI=1S/C17H21N5O3S/c1-11-8-9-13(10-12(11)2)18-17(23)15-16(20-22-19-15)21-26(24,25)14-6-4-3-5-7-14/h3-10,15-16,19-22H,1-2H3,(H,18,23). The molecule has 0 radical (unpaired) electrons. The van der Waals surface area contributed by atoms with Crippen molar-refractivity contribution in [1.29, 1.82) is 0 Å². The van der Waals surface area contributed by atoms with Crippen LogP contribution >= 0.6 is 0 Å². The lowest BCUT2D eigenvalue weighted by atomic mass is 10.1. The van der Waals surface area contributed by atoms with Gasteiger partial charge in [-0.3, -0.25) is 4.79 Å². The Morgan fingerprint density at radius 2 is 1.73 bits per heavy atom. The Balaban J connectivity index is 1.71. The first-order valence-corrected chi connectivity index (χ1v) is 9.57. The van der Waals surface area contributed by atoms with Gasteiger partial charge in [-0.05, 0) is 49.2 Å². The Hall–Kier alpha value is -2.30. The number of benzene rings is 2. The summed E-state index contributed by atoms with van der Waals surface area (Å²) >= 11 is 0. The summed E-state index contributed by atoms with van der Waals surface area (Å²) in [5.41, 5.74) is 10.9. The molecule has 0 spiro atoms. The van der Waals surface area contributed by atoms with E-state index >= 15 is 0 Å². The van der Waals surface area contributed by atoms with E-state index in [0.29, 0.717) is 5.69 Å². The molecule has 9 heteroatoms. The number of hydrogen-bond acceptors (Lipinski definition) is 6. The van der Waals surface area contributed by atoms with E-state index in [1.165, 1.54) is 12.1 Å². The molecule has 2 unspecified atom stereocenters. The van der Waals surface area contributed by atoms with Gasteiger partial charge >= 0.3 is 0 Å². The van der Waals surface area contributed by atoms with E-state index in [-0.39, 0.29) is 10.8 Å². The molecule has 8 nitrogen and oxygen atoms in total. The fourth-order valence-electron chi connectivity index (χ4n) is 2.55. The highest BCUT2D eigenvalue weighted by molar-refractivity contribution is 7.89. The van der Waals surface area contributed by atoms with Gasteiger partial charge in [0.1, 0.15) is 12.2 Å². The summed E-state index contributed by atoms with van der Waals surface area (Å²) in [6, 6.07) is 12.7. The molecule has 3 rings (SSSR count). The molecule has 0 bridgehead atoms. The van der Waals surface area contributed by atoms with Crippen LogP contribution in [0.1, 0.15) is 11.1 Å². The van der Waals surface area contributed by atoms with Gasteiger partial charge in [-0.2, -0.15) is 10.3 Å². The second-order valence-corrected chi connectivity index (χ2v) is 7.81. The molecule has 0 aliphatic carbocycles. The number of aryl methyl sites for hydroxylation is 2. The molecule has 1 heterocycles. The summed E-state index contributed by atoms with van der Waals surface area (Å²) in [5, 5.41) is 2.79. The van der Waals surface area contributed by atoms with Crippen molar-refractivity contribution in [2.45, 2.75) is 31.0 Å². The minimum absolute atomic E-state index is 0.127. The predicted octanol–water partition coefficient (Wildman–Crippen LogP) is 0.528. The van der Waals surface area contributed by atoms with E-state index in [9.17, 15) is 13.2 Å². The number of sulfonamides is 1. The van der Waals surface area contributed by atoms with E-state index in [2.05, 4.69) is 26.4 Å². The highest BCUT2D eigenvalue weighted by Crippen LogP contribution is 2.15. The van der Waals surface area contributed by atoms with Gasteiger partial charge in [-0.25, -0.2) is 19.3 Å². The molecule has 0 aromatic heterocycles.